The van der Waals surface area contributed by atoms with Crippen LogP contribution in [-0.4, -0.2) is 34.6 Å². The van der Waals surface area contributed by atoms with E-state index in [4.69, 9.17) is 11.6 Å². The first-order valence-corrected chi connectivity index (χ1v) is 12.4. The Hall–Kier alpha value is -2.05. The van der Waals surface area contributed by atoms with Crippen LogP contribution < -0.4 is 5.32 Å². The summed E-state index contributed by atoms with van der Waals surface area (Å²) in [6.45, 7) is 6.13. The van der Waals surface area contributed by atoms with Gasteiger partial charge in [-0.2, -0.15) is 0 Å². The van der Waals surface area contributed by atoms with Crippen LogP contribution in [0.3, 0.4) is 0 Å². The number of carbonyl (C=O) groups excluding carboxylic acids is 2. The molecule has 2 amide bonds. The van der Waals surface area contributed by atoms with Gasteiger partial charge in [0, 0.05) is 28.9 Å². The van der Waals surface area contributed by atoms with E-state index in [2.05, 4.69) is 5.32 Å². The van der Waals surface area contributed by atoms with E-state index in [1.54, 1.807) is 28.8 Å². The van der Waals surface area contributed by atoms with E-state index in [0.29, 0.717) is 24.3 Å². The molecule has 1 N–H and O–H groups in total. The largest absolute Gasteiger partial charge is 0.352 e. The predicted molar refractivity (Wildman–Crippen MR) is 130 cm³/mol. The fourth-order valence-electron chi connectivity index (χ4n) is 3.23. The van der Waals surface area contributed by atoms with Gasteiger partial charge >= 0.3 is 0 Å². The minimum Gasteiger partial charge on any atom is -0.352 e. The maximum Gasteiger partial charge on any atom is 0.243 e. The van der Waals surface area contributed by atoms with Gasteiger partial charge in [-0.3, -0.25) is 9.59 Å². The molecule has 0 saturated heterocycles. The lowest BCUT2D eigenvalue weighted by Gasteiger charge is -2.31. The summed E-state index contributed by atoms with van der Waals surface area (Å²) in [5.41, 5.74) is 0.796. The smallest absolute Gasteiger partial charge is 0.243 e. The average Bonchev–Trinajstić information content (AvgIpc) is 2.78. The summed E-state index contributed by atoms with van der Waals surface area (Å²) in [6, 6.07) is 13.2. The van der Waals surface area contributed by atoms with Crippen molar-refractivity contribution in [3.63, 3.8) is 0 Å². The Morgan fingerprint density at radius 1 is 1.06 bits per heavy atom. The van der Waals surface area contributed by atoms with Gasteiger partial charge in [0.15, 0.2) is 0 Å². The number of benzene rings is 2. The molecule has 0 spiro atoms. The Balaban J connectivity index is 2.05. The molecule has 0 unspecified atom stereocenters. The van der Waals surface area contributed by atoms with Gasteiger partial charge < -0.3 is 10.2 Å². The molecular formula is C25H32ClFN2O2S. The van der Waals surface area contributed by atoms with E-state index < -0.39 is 6.04 Å². The molecule has 0 heterocycles. The number of halogens is 2. The van der Waals surface area contributed by atoms with Crippen molar-refractivity contribution in [2.24, 2.45) is 0 Å². The Morgan fingerprint density at radius 3 is 2.31 bits per heavy atom. The van der Waals surface area contributed by atoms with Crippen molar-refractivity contribution in [2.75, 3.05) is 5.75 Å². The second-order valence-electron chi connectivity index (χ2n) is 7.80. The Morgan fingerprint density at radius 2 is 1.72 bits per heavy atom. The van der Waals surface area contributed by atoms with Gasteiger partial charge in [-0.15, -0.1) is 11.8 Å². The van der Waals surface area contributed by atoms with Crippen molar-refractivity contribution >= 4 is 35.2 Å². The van der Waals surface area contributed by atoms with E-state index in [0.717, 1.165) is 22.6 Å². The molecule has 174 valence electrons. The highest BCUT2D eigenvalue weighted by molar-refractivity contribution is 7.99. The van der Waals surface area contributed by atoms with Crippen LogP contribution in [-0.2, 0) is 16.1 Å². The fourth-order valence-corrected chi connectivity index (χ4v) is 4.21. The van der Waals surface area contributed by atoms with Crippen molar-refractivity contribution in [2.45, 2.75) is 70.0 Å². The standard InChI is InChI=1S/C25H32ClFN2O2S/c1-4-18(3)28-25(31)23(5-2)29(17-19-8-12-21(27)13-9-19)24(30)7-6-16-32-22-14-10-20(26)11-15-22/h8-15,18,23H,4-7,16-17H2,1-3H3,(H,28,31)/t18-,23-/m1/s1. The first kappa shape index (κ1) is 26.2. The number of amides is 2. The molecule has 0 aliphatic rings. The molecular weight excluding hydrogens is 447 g/mol. The van der Waals surface area contributed by atoms with Gasteiger partial charge in [-0.1, -0.05) is 37.6 Å². The molecule has 4 nitrogen and oxygen atoms in total. The quantitative estimate of drug-likeness (QED) is 0.297. The summed E-state index contributed by atoms with van der Waals surface area (Å²) < 4.78 is 13.3. The minimum absolute atomic E-state index is 0.0371. The number of nitrogens with one attached hydrogen (secondary N) is 1. The van der Waals surface area contributed by atoms with Crippen LogP contribution in [0, 0.1) is 5.82 Å². The van der Waals surface area contributed by atoms with Gasteiger partial charge in [-0.05, 0) is 73.9 Å². The highest BCUT2D eigenvalue weighted by atomic mass is 35.5. The van der Waals surface area contributed by atoms with Gasteiger partial charge in [-0.25, -0.2) is 4.39 Å². The monoisotopic (exact) mass is 478 g/mol. The highest BCUT2D eigenvalue weighted by Crippen LogP contribution is 2.22. The Labute approximate surface area is 199 Å². The SMILES string of the molecule is CC[C@@H](C)NC(=O)[C@@H](CC)N(Cc1ccc(F)cc1)C(=O)CCCSc1ccc(Cl)cc1. The Kier molecular flexibility index (Phi) is 11.0. The molecule has 2 atom stereocenters. The third-order valence-corrected chi connectivity index (χ3v) is 6.62. The molecule has 2 aromatic rings. The summed E-state index contributed by atoms with van der Waals surface area (Å²) in [6.07, 6.45) is 2.36. The molecule has 2 rings (SSSR count). The van der Waals surface area contributed by atoms with Crippen LogP contribution in [0.5, 0.6) is 0 Å². The zero-order chi connectivity index (χ0) is 23.5. The normalized spacial score (nSPS) is 12.8. The third-order valence-electron chi connectivity index (χ3n) is 5.27. The molecule has 0 saturated carbocycles. The van der Waals surface area contributed by atoms with E-state index in [-0.39, 0.29) is 30.2 Å². The molecule has 2 aromatic carbocycles. The van der Waals surface area contributed by atoms with E-state index in [1.807, 2.05) is 45.0 Å². The van der Waals surface area contributed by atoms with Gasteiger partial charge in [0.2, 0.25) is 11.8 Å². The number of hydrogen-bond donors (Lipinski definition) is 1. The number of nitrogens with zero attached hydrogens (tertiary/aromatic N) is 1. The molecule has 0 fully saturated rings. The maximum atomic E-state index is 13.3. The molecule has 0 aliphatic carbocycles. The fraction of sp³-hybridized carbons (Fsp3) is 0.440. The second kappa shape index (κ2) is 13.5. The lowest BCUT2D eigenvalue weighted by atomic mass is 10.1. The van der Waals surface area contributed by atoms with Crippen LogP contribution in [0.1, 0.15) is 52.0 Å². The van der Waals surface area contributed by atoms with Crippen molar-refractivity contribution in [1.82, 2.24) is 10.2 Å². The van der Waals surface area contributed by atoms with Crippen LogP contribution in [0.15, 0.2) is 53.4 Å². The number of carbonyl (C=O) groups is 2. The number of rotatable bonds is 12. The first-order valence-electron chi connectivity index (χ1n) is 11.1. The zero-order valence-corrected chi connectivity index (χ0v) is 20.5. The summed E-state index contributed by atoms with van der Waals surface area (Å²) in [7, 11) is 0. The molecule has 0 aromatic heterocycles. The lowest BCUT2D eigenvalue weighted by Crippen LogP contribution is -2.50. The summed E-state index contributed by atoms with van der Waals surface area (Å²) in [4.78, 5) is 28.8. The molecule has 32 heavy (non-hydrogen) atoms. The van der Waals surface area contributed by atoms with Gasteiger partial charge in [0.25, 0.3) is 0 Å². The minimum atomic E-state index is -0.564. The number of thioether (sulfide) groups is 1. The molecule has 0 aliphatic heterocycles. The van der Waals surface area contributed by atoms with Crippen LogP contribution >= 0.6 is 23.4 Å². The molecule has 7 heteroatoms. The van der Waals surface area contributed by atoms with E-state index in [9.17, 15) is 14.0 Å². The first-order chi connectivity index (χ1) is 15.3. The third kappa shape index (κ3) is 8.47. The number of hydrogen-bond acceptors (Lipinski definition) is 3. The van der Waals surface area contributed by atoms with Gasteiger partial charge in [0.1, 0.15) is 11.9 Å². The van der Waals surface area contributed by atoms with E-state index in [1.165, 1.54) is 12.1 Å². The zero-order valence-electron chi connectivity index (χ0n) is 18.9. The van der Waals surface area contributed by atoms with Crippen LogP contribution in [0.4, 0.5) is 4.39 Å². The molecule has 0 bridgehead atoms. The summed E-state index contributed by atoms with van der Waals surface area (Å²) >= 11 is 7.59. The summed E-state index contributed by atoms with van der Waals surface area (Å²) in [5, 5.41) is 3.69. The predicted octanol–water partition coefficient (Wildman–Crippen LogP) is 6.07. The topological polar surface area (TPSA) is 49.4 Å². The highest BCUT2D eigenvalue weighted by Gasteiger charge is 2.28. The van der Waals surface area contributed by atoms with Crippen molar-refractivity contribution < 1.29 is 14.0 Å². The summed E-state index contributed by atoms with van der Waals surface area (Å²) in [5.74, 6) is 0.241. The van der Waals surface area contributed by atoms with Crippen LogP contribution in [0.25, 0.3) is 0 Å². The van der Waals surface area contributed by atoms with Crippen molar-refractivity contribution in [1.29, 1.82) is 0 Å². The average molecular weight is 479 g/mol. The Bertz CT molecular complexity index is 861. The second-order valence-corrected chi connectivity index (χ2v) is 9.40. The van der Waals surface area contributed by atoms with Crippen LogP contribution in [0.2, 0.25) is 5.02 Å². The van der Waals surface area contributed by atoms with E-state index >= 15 is 0 Å². The maximum absolute atomic E-state index is 13.3. The van der Waals surface area contributed by atoms with Gasteiger partial charge in [0.05, 0.1) is 0 Å². The molecule has 0 radical (unpaired) electrons. The van der Waals surface area contributed by atoms with Crippen molar-refractivity contribution in [3.05, 3.63) is 64.9 Å². The van der Waals surface area contributed by atoms with Crippen molar-refractivity contribution in [3.8, 4) is 0 Å². The lowest BCUT2D eigenvalue weighted by molar-refractivity contribution is -0.141.